The number of rotatable bonds is 5. The van der Waals surface area contributed by atoms with Gasteiger partial charge in [0.1, 0.15) is 11.2 Å². The highest BCUT2D eigenvalue weighted by Crippen LogP contribution is 2.62. The molecule has 2 heteroatoms. The summed E-state index contributed by atoms with van der Waals surface area (Å²) in [7, 11) is 0. The molecule has 9 rings (SSSR count). The summed E-state index contributed by atoms with van der Waals surface area (Å²) in [5, 5.41) is 6.00. The summed E-state index contributed by atoms with van der Waals surface area (Å²) in [6.07, 6.45) is 6.44. The van der Waals surface area contributed by atoms with Crippen LogP contribution in [0.3, 0.4) is 0 Å². The van der Waals surface area contributed by atoms with E-state index in [1.54, 1.807) is 0 Å². The van der Waals surface area contributed by atoms with Crippen molar-refractivity contribution in [3.05, 3.63) is 186 Å². The van der Waals surface area contributed by atoms with Crippen LogP contribution in [0.5, 0.6) is 0 Å². The Kier molecular flexibility index (Phi) is 5.82. The summed E-state index contributed by atoms with van der Waals surface area (Å²) in [6.45, 7) is 6.45. The van der Waals surface area contributed by atoms with Gasteiger partial charge in [0.15, 0.2) is 0 Å². The number of benzene rings is 6. The van der Waals surface area contributed by atoms with Crippen LogP contribution in [-0.2, 0) is 5.41 Å². The molecule has 46 heavy (non-hydrogen) atoms. The van der Waals surface area contributed by atoms with Crippen LogP contribution in [0, 0.1) is 0 Å². The predicted molar refractivity (Wildman–Crippen MR) is 193 cm³/mol. The Morgan fingerprint density at radius 2 is 1.26 bits per heavy atom. The molecule has 6 aromatic carbocycles. The lowest BCUT2D eigenvalue weighted by Crippen LogP contribution is -2.26. The van der Waals surface area contributed by atoms with E-state index in [9.17, 15) is 0 Å². The van der Waals surface area contributed by atoms with Gasteiger partial charge in [0.05, 0.1) is 5.41 Å². The molecule has 218 valence electrons. The van der Waals surface area contributed by atoms with E-state index < -0.39 is 5.41 Å². The Labute approximate surface area is 268 Å². The number of furan rings is 1. The van der Waals surface area contributed by atoms with Crippen LogP contribution < -0.4 is 5.32 Å². The topological polar surface area (TPSA) is 25.2 Å². The molecule has 2 nitrogen and oxygen atoms in total. The average molecular weight is 590 g/mol. The van der Waals surface area contributed by atoms with Crippen LogP contribution in [0.15, 0.2) is 168 Å². The van der Waals surface area contributed by atoms with Crippen molar-refractivity contribution in [2.45, 2.75) is 12.3 Å². The smallest absolute Gasteiger partial charge is 0.143 e. The Morgan fingerprint density at radius 3 is 2.00 bits per heavy atom. The van der Waals surface area contributed by atoms with Crippen LogP contribution in [0.4, 0.5) is 11.4 Å². The lowest BCUT2D eigenvalue weighted by molar-refractivity contribution is 0.670. The third kappa shape index (κ3) is 3.59. The molecule has 0 radical (unpaired) electrons. The Balaban J connectivity index is 1.14. The molecule has 2 aliphatic rings. The van der Waals surface area contributed by atoms with Crippen LogP contribution in [-0.4, -0.2) is 0 Å². The fraction of sp³-hybridized carbons (Fsp3) is 0.0455. The molecule has 1 spiro atoms. The number of hydrogen-bond donors (Lipinski definition) is 1. The number of allylic oxidation sites excluding steroid dienone is 5. The van der Waals surface area contributed by atoms with Crippen molar-refractivity contribution in [1.82, 2.24) is 0 Å². The molecule has 2 aliphatic carbocycles. The Morgan fingerprint density at radius 1 is 0.609 bits per heavy atom. The quantitative estimate of drug-likeness (QED) is 0.216. The van der Waals surface area contributed by atoms with E-state index in [1.807, 2.05) is 12.1 Å². The van der Waals surface area contributed by atoms with Gasteiger partial charge in [-0.3, -0.25) is 0 Å². The zero-order chi connectivity index (χ0) is 30.8. The number of fused-ring (bicyclic) bond motifs is 10. The minimum absolute atomic E-state index is 0.425. The Hall–Kier alpha value is -5.86. The van der Waals surface area contributed by atoms with Gasteiger partial charge in [0, 0.05) is 27.7 Å². The highest BCUT2D eigenvalue weighted by molar-refractivity contribution is 6.09. The van der Waals surface area contributed by atoms with Gasteiger partial charge < -0.3 is 9.73 Å². The van der Waals surface area contributed by atoms with E-state index in [2.05, 4.69) is 158 Å². The van der Waals surface area contributed by atoms with Gasteiger partial charge in [-0.25, -0.2) is 0 Å². The van der Waals surface area contributed by atoms with E-state index in [1.165, 1.54) is 44.5 Å². The van der Waals surface area contributed by atoms with Crippen molar-refractivity contribution in [3.63, 3.8) is 0 Å². The SMILES string of the molecule is C=CC1=C(/C=C\C)c2ccc(Nc3ccc(-c4cccc5c4oc4ccccc45)cc3)cc2C12c1ccccc1-c1ccccc12. The van der Waals surface area contributed by atoms with Crippen LogP contribution in [0.2, 0.25) is 0 Å². The van der Waals surface area contributed by atoms with Gasteiger partial charge >= 0.3 is 0 Å². The van der Waals surface area contributed by atoms with Crippen molar-refractivity contribution >= 4 is 38.9 Å². The van der Waals surface area contributed by atoms with Crippen LogP contribution in [0.1, 0.15) is 29.2 Å². The first-order valence-corrected chi connectivity index (χ1v) is 15.8. The fourth-order valence-corrected chi connectivity index (χ4v) is 7.96. The third-order valence-corrected chi connectivity index (χ3v) is 9.79. The summed E-state index contributed by atoms with van der Waals surface area (Å²) in [6, 6.07) is 47.8. The van der Waals surface area contributed by atoms with Crippen molar-refractivity contribution in [2.24, 2.45) is 0 Å². The second kappa shape index (κ2) is 10.1. The molecule has 0 aliphatic heterocycles. The second-order valence-electron chi connectivity index (χ2n) is 12.1. The zero-order valence-electron chi connectivity index (χ0n) is 25.5. The van der Waals surface area contributed by atoms with Gasteiger partial charge in [-0.05, 0) is 87.3 Å². The van der Waals surface area contributed by atoms with Crippen LogP contribution in [0.25, 0.3) is 49.8 Å². The number of nitrogens with one attached hydrogen (secondary N) is 1. The molecule has 1 aromatic heterocycles. The molecule has 0 saturated heterocycles. The molecule has 1 N–H and O–H groups in total. The second-order valence-corrected chi connectivity index (χ2v) is 12.1. The molecule has 0 bridgehead atoms. The first-order valence-electron chi connectivity index (χ1n) is 15.8. The van der Waals surface area contributed by atoms with E-state index in [4.69, 9.17) is 4.42 Å². The lowest BCUT2D eigenvalue weighted by Gasteiger charge is -2.31. The lowest BCUT2D eigenvalue weighted by atomic mass is 9.69. The van der Waals surface area contributed by atoms with Crippen molar-refractivity contribution in [3.8, 4) is 22.3 Å². The Bertz CT molecular complexity index is 2370. The molecular formula is C44H31NO. The number of anilines is 2. The standard InChI is InChI=1S/C44H31NO/c1-3-12-32-35-26-25-30(27-41(35)44(38(32)4-2)39-18-8-5-13-33(39)34-14-6-9-19-40(34)44)45-29-23-21-28(22-24-29)31-16-11-17-37-36-15-7-10-20-42(36)46-43(31)37/h3-27,45H,2H2,1H3/b12-3-. The maximum Gasteiger partial charge on any atom is 0.143 e. The van der Waals surface area contributed by atoms with Gasteiger partial charge in [-0.1, -0.05) is 128 Å². The number of hydrogen-bond acceptors (Lipinski definition) is 2. The monoisotopic (exact) mass is 589 g/mol. The van der Waals surface area contributed by atoms with E-state index in [0.717, 1.165) is 44.4 Å². The van der Waals surface area contributed by atoms with E-state index in [-0.39, 0.29) is 0 Å². The molecule has 0 fully saturated rings. The summed E-state index contributed by atoms with van der Waals surface area (Å²) in [5.74, 6) is 0. The molecule has 7 aromatic rings. The summed E-state index contributed by atoms with van der Waals surface area (Å²) in [4.78, 5) is 0. The normalized spacial score (nSPS) is 14.3. The van der Waals surface area contributed by atoms with E-state index in [0.29, 0.717) is 0 Å². The van der Waals surface area contributed by atoms with Crippen molar-refractivity contribution in [1.29, 1.82) is 0 Å². The molecule has 1 heterocycles. The van der Waals surface area contributed by atoms with Gasteiger partial charge in [-0.15, -0.1) is 0 Å². The minimum Gasteiger partial charge on any atom is -0.455 e. The molecular weight excluding hydrogens is 558 g/mol. The fourth-order valence-electron chi connectivity index (χ4n) is 7.96. The molecule has 0 atom stereocenters. The third-order valence-electron chi connectivity index (χ3n) is 9.79. The average Bonchev–Trinajstić information content (AvgIpc) is 3.72. The summed E-state index contributed by atoms with van der Waals surface area (Å²) >= 11 is 0. The van der Waals surface area contributed by atoms with Gasteiger partial charge in [0.25, 0.3) is 0 Å². The first-order chi connectivity index (χ1) is 22.7. The molecule has 0 amide bonds. The van der Waals surface area contributed by atoms with Gasteiger partial charge in [0.2, 0.25) is 0 Å². The summed E-state index contributed by atoms with van der Waals surface area (Å²) in [5.41, 5.74) is 15.9. The molecule has 0 saturated carbocycles. The first kappa shape index (κ1) is 26.5. The summed E-state index contributed by atoms with van der Waals surface area (Å²) < 4.78 is 6.31. The van der Waals surface area contributed by atoms with Crippen molar-refractivity contribution < 1.29 is 4.42 Å². The van der Waals surface area contributed by atoms with Gasteiger partial charge in [-0.2, -0.15) is 0 Å². The number of para-hydroxylation sites is 2. The minimum atomic E-state index is -0.425. The maximum atomic E-state index is 6.31. The maximum absolute atomic E-state index is 6.31. The largest absolute Gasteiger partial charge is 0.455 e. The zero-order valence-corrected chi connectivity index (χ0v) is 25.5. The van der Waals surface area contributed by atoms with Crippen molar-refractivity contribution in [2.75, 3.05) is 5.32 Å². The highest BCUT2D eigenvalue weighted by Gasteiger charge is 2.51. The van der Waals surface area contributed by atoms with E-state index >= 15 is 0 Å². The molecule has 0 unspecified atom stereocenters. The predicted octanol–water partition coefficient (Wildman–Crippen LogP) is 11.8. The van der Waals surface area contributed by atoms with Crippen LogP contribution >= 0.6 is 0 Å². The highest BCUT2D eigenvalue weighted by atomic mass is 16.3.